The van der Waals surface area contributed by atoms with Gasteiger partial charge in [0.15, 0.2) is 0 Å². The Labute approximate surface area is 261 Å². The number of likely N-dealkylation sites (N-methyl/N-ethyl adjacent to an activating group) is 1. The number of quaternary nitrogens is 1. The topological polar surface area (TPSA) is 128 Å². The lowest BCUT2D eigenvalue weighted by atomic mass is 10.0. The summed E-state index contributed by atoms with van der Waals surface area (Å²) < 4.78 is 33.4. The number of esters is 2. The van der Waals surface area contributed by atoms with E-state index in [2.05, 4.69) is 6.92 Å². The number of ether oxygens (including phenoxy) is 2. The van der Waals surface area contributed by atoms with Gasteiger partial charge in [0.2, 0.25) is 0 Å². The number of phosphoric acid groups is 1. The van der Waals surface area contributed by atoms with Crippen molar-refractivity contribution in [1.82, 2.24) is 0 Å². The van der Waals surface area contributed by atoms with Crippen LogP contribution in [0, 0.1) is 0 Å². The van der Waals surface area contributed by atoms with E-state index in [9.17, 15) is 23.8 Å². The molecule has 11 heteroatoms. The molecule has 0 aliphatic rings. The van der Waals surface area contributed by atoms with Gasteiger partial charge >= 0.3 is 11.9 Å². The Morgan fingerprint density at radius 1 is 0.744 bits per heavy atom. The zero-order chi connectivity index (χ0) is 32.2. The molecule has 0 aromatic rings. The maximum atomic E-state index is 12.3. The molecule has 254 valence electrons. The predicted molar refractivity (Wildman–Crippen MR) is 167 cm³/mol. The number of hydrogen-bond donors (Lipinski definition) is 0. The molecule has 43 heavy (non-hydrogen) atoms. The molecule has 0 fully saturated rings. The Balaban J connectivity index is 4.30. The van der Waals surface area contributed by atoms with E-state index in [4.69, 9.17) is 18.5 Å². The third kappa shape index (κ3) is 30.5. The molecule has 0 rings (SSSR count). The Morgan fingerprint density at radius 3 is 1.79 bits per heavy atom. The summed E-state index contributed by atoms with van der Waals surface area (Å²) in [5.41, 5.74) is 0. The number of phosphoric ester groups is 1. The van der Waals surface area contributed by atoms with Crippen LogP contribution >= 0.6 is 7.82 Å². The number of aldehydes is 1. The van der Waals surface area contributed by atoms with Gasteiger partial charge in [-0.25, -0.2) is 0 Å². The second-order valence-corrected chi connectivity index (χ2v) is 13.9. The first kappa shape index (κ1) is 41.7. The molecule has 0 bridgehead atoms. The van der Waals surface area contributed by atoms with Gasteiger partial charge in [0.25, 0.3) is 7.82 Å². The Hall–Kier alpha value is -1.32. The van der Waals surface area contributed by atoms with Crippen LogP contribution in [-0.4, -0.2) is 76.3 Å². The predicted octanol–water partition coefficient (Wildman–Crippen LogP) is 6.67. The molecule has 0 N–H and O–H groups in total. The normalized spacial score (nSPS) is 13.8. The van der Waals surface area contributed by atoms with Gasteiger partial charge in [-0.3, -0.25) is 14.2 Å². The summed E-state index contributed by atoms with van der Waals surface area (Å²) in [6.45, 7) is 2.24. The summed E-state index contributed by atoms with van der Waals surface area (Å²) in [6.07, 6.45) is 18.9. The first-order valence-electron chi connectivity index (χ1n) is 16.7. The molecular formula is C32H62NO9P. The average molecular weight is 636 g/mol. The maximum Gasteiger partial charge on any atom is 0.306 e. The molecule has 0 aromatic heterocycles. The van der Waals surface area contributed by atoms with E-state index >= 15 is 0 Å². The van der Waals surface area contributed by atoms with Crippen LogP contribution in [0.1, 0.15) is 135 Å². The van der Waals surface area contributed by atoms with Gasteiger partial charge in [-0.15, -0.1) is 0 Å². The molecule has 0 saturated heterocycles. The summed E-state index contributed by atoms with van der Waals surface area (Å²) in [6, 6.07) is 0. The minimum Gasteiger partial charge on any atom is -0.756 e. The molecule has 0 aromatic carbocycles. The lowest BCUT2D eigenvalue weighted by molar-refractivity contribution is -0.870. The standard InChI is InChI=1S/C32H62NO9P/c1-5-6-7-8-9-10-11-12-13-14-15-16-19-22-31(35)39-27-24-30(42-32(36)23-20-17-18-21-26-34)29-41-43(37,38)40-28-25-33(2,3)4/h26,30H,5-25,27-29H2,1-4H3. The van der Waals surface area contributed by atoms with E-state index in [-0.39, 0.29) is 32.0 Å². The smallest absolute Gasteiger partial charge is 0.306 e. The molecular weight excluding hydrogens is 573 g/mol. The fourth-order valence-electron chi connectivity index (χ4n) is 4.40. The summed E-state index contributed by atoms with van der Waals surface area (Å²) in [5.74, 6) is -0.813. The third-order valence-electron chi connectivity index (χ3n) is 7.12. The van der Waals surface area contributed by atoms with Crippen molar-refractivity contribution < 1.29 is 46.8 Å². The van der Waals surface area contributed by atoms with E-state index in [1.165, 1.54) is 64.2 Å². The quantitative estimate of drug-likeness (QED) is 0.0270. The molecule has 10 nitrogen and oxygen atoms in total. The van der Waals surface area contributed by atoms with Gasteiger partial charge in [-0.2, -0.15) is 0 Å². The second kappa shape index (κ2) is 27.0. The molecule has 0 aliphatic carbocycles. The van der Waals surface area contributed by atoms with Crippen molar-refractivity contribution in [3.63, 3.8) is 0 Å². The molecule has 2 atom stereocenters. The van der Waals surface area contributed by atoms with Crippen LogP contribution in [0.4, 0.5) is 0 Å². The van der Waals surface area contributed by atoms with Crippen LogP contribution in [0.15, 0.2) is 0 Å². The molecule has 0 amide bonds. The highest BCUT2D eigenvalue weighted by Crippen LogP contribution is 2.38. The Kier molecular flexibility index (Phi) is 26.2. The number of hydrogen-bond acceptors (Lipinski definition) is 9. The van der Waals surface area contributed by atoms with Crippen LogP contribution in [0.5, 0.6) is 0 Å². The Morgan fingerprint density at radius 2 is 1.26 bits per heavy atom. The van der Waals surface area contributed by atoms with E-state index in [1.54, 1.807) is 0 Å². The van der Waals surface area contributed by atoms with Crippen LogP contribution in [0.3, 0.4) is 0 Å². The van der Waals surface area contributed by atoms with Gasteiger partial charge in [-0.05, 0) is 19.3 Å². The molecule has 0 heterocycles. The van der Waals surface area contributed by atoms with E-state index in [1.807, 2.05) is 21.1 Å². The minimum absolute atomic E-state index is 0.0105. The van der Waals surface area contributed by atoms with Crippen LogP contribution in [-0.2, 0) is 37.5 Å². The van der Waals surface area contributed by atoms with E-state index in [0.29, 0.717) is 43.1 Å². The largest absolute Gasteiger partial charge is 0.756 e. The number of nitrogens with zero attached hydrogens (tertiary/aromatic N) is 1. The zero-order valence-electron chi connectivity index (χ0n) is 27.7. The molecule has 2 unspecified atom stereocenters. The van der Waals surface area contributed by atoms with Gasteiger partial charge in [0.1, 0.15) is 25.5 Å². The summed E-state index contributed by atoms with van der Waals surface area (Å²) >= 11 is 0. The number of unbranched alkanes of at least 4 members (excludes halogenated alkanes) is 15. The van der Waals surface area contributed by atoms with E-state index < -0.39 is 26.5 Å². The number of carbonyl (C=O) groups is 3. The van der Waals surface area contributed by atoms with Crippen molar-refractivity contribution in [3.05, 3.63) is 0 Å². The SMILES string of the molecule is CCCCCCCCCCCCCCCC(=O)OCCC(COP(=O)([O-])OCC[N+](C)(C)C)OC(=O)CCCCCC=O. The highest BCUT2D eigenvalue weighted by Gasteiger charge is 2.20. The fourth-order valence-corrected chi connectivity index (χ4v) is 5.13. The maximum absolute atomic E-state index is 12.3. The molecule has 0 spiro atoms. The van der Waals surface area contributed by atoms with Crippen molar-refractivity contribution in [2.45, 2.75) is 141 Å². The Bertz CT molecular complexity index is 758. The molecule has 0 saturated carbocycles. The van der Waals surface area contributed by atoms with Gasteiger partial charge in [0, 0.05) is 25.7 Å². The first-order valence-corrected chi connectivity index (χ1v) is 18.1. The van der Waals surface area contributed by atoms with E-state index in [0.717, 1.165) is 25.5 Å². The average Bonchev–Trinajstić information content (AvgIpc) is 2.93. The van der Waals surface area contributed by atoms with Crippen LogP contribution in [0.25, 0.3) is 0 Å². The monoisotopic (exact) mass is 635 g/mol. The summed E-state index contributed by atoms with van der Waals surface area (Å²) in [4.78, 5) is 47.1. The van der Waals surface area contributed by atoms with Crippen molar-refractivity contribution in [3.8, 4) is 0 Å². The fraction of sp³-hybridized carbons (Fsp3) is 0.906. The first-order chi connectivity index (χ1) is 20.5. The zero-order valence-corrected chi connectivity index (χ0v) is 28.6. The van der Waals surface area contributed by atoms with Crippen molar-refractivity contribution in [2.75, 3.05) is 47.5 Å². The van der Waals surface area contributed by atoms with Gasteiger partial charge in [0.05, 0.1) is 34.4 Å². The van der Waals surface area contributed by atoms with Crippen LogP contribution in [0.2, 0.25) is 0 Å². The molecule has 0 radical (unpaired) electrons. The minimum atomic E-state index is -4.59. The summed E-state index contributed by atoms with van der Waals surface area (Å²) in [7, 11) is 1.14. The highest BCUT2D eigenvalue weighted by molar-refractivity contribution is 7.45. The van der Waals surface area contributed by atoms with Gasteiger partial charge in [-0.1, -0.05) is 90.4 Å². The lowest BCUT2D eigenvalue weighted by Gasteiger charge is -2.28. The van der Waals surface area contributed by atoms with Crippen molar-refractivity contribution >= 4 is 26.0 Å². The number of carbonyl (C=O) groups excluding carboxylic acids is 3. The summed E-state index contributed by atoms with van der Waals surface area (Å²) in [5, 5.41) is 0. The van der Waals surface area contributed by atoms with Gasteiger partial charge < -0.3 is 32.7 Å². The number of rotatable bonds is 31. The van der Waals surface area contributed by atoms with Crippen molar-refractivity contribution in [1.29, 1.82) is 0 Å². The second-order valence-electron chi connectivity index (χ2n) is 12.5. The molecule has 0 aliphatic heterocycles. The lowest BCUT2D eigenvalue weighted by Crippen LogP contribution is -2.37. The highest BCUT2D eigenvalue weighted by atomic mass is 31.2. The van der Waals surface area contributed by atoms with Crippen molar-refractivity contribution in [2.24, 2.45) is 0 Å². The third-order valence-corrected chi connectivity index (χ3v) is 8.08. The van der Waals surface area contributed by atoms with Crippen LogP contribution < -0.4 is 4.89 Å².